The maximum atomic E-state index is 5.97. The highest BCUT2D eigenvalue weighted by Crippen LogP contribution is 2.19. The number of aliphatic imine (C=N–C) groups is 1. The minimum atomic E-state index is 0. The van der Waals surface area contributed by atoms with Crippen LogP contribution in [0.2, 0.25) is 0 Å². The molecule has 0 radical (unpaired) electrons. The molecule has 0 spiro atoms. The summed E-state index contributed by atoms with van der Waals surface area (Å²) < 4.78 is 11.0. The van der Waals surface area contributed by atoms with Crippen LogP contribution in [0.25, 0.3) is 0 Å². The smallest absolute Gasteiger partial charge is 0.193 e. The quantitative estimate of drug-likeness (QED) is 0.235. The number of aryl methyl sites for hydroxylation is 1. The third-order valence-corrected chi connectivity index (χ3v) is 5.34. The van der Waals surface area contributed by atoms with Crippen molar-refractivity contribution in [2.24, 2.45) is 4.99 Å². The van der Waals surface area contributed by atoms with E-state index in [-0.39, 0.29) is 24.0 Å². The van der Waals surface area contributed by atoms with Crippen LogP contribution in [0.15, 0.2) is 29.3 Å². The summed E-state index contributed by atoms with van der Waals surface area (Å²) in [5, 5.41) is 3.59. The van der Waals surface area contributed by atoms with Gasteiger partial charge in [0.05, 0.1) is 12.1 Å². The number of likely N-dealkylation sites (tertiary alicyclic amines) is 1. The first kappa shape index (κ1) is 26.1. The topological polar surface area (TPSA) is 49.3 Å². The molecule has 0 bridgehead atoms. The number of rotatable bonds is 9. The molecule has 0 aliphatic carbocycles. The highest BCUT2D eigenvalue weighted by molar-refractivity contribution is 14.0. The molecule has 1 aliphatic heterocycles. The van der Waals surface area contributed by atoms with Crippen LogP contribution in [-0.2, 0) is 9.47 Å². The van der Waals surface area contributed by atoms with Crippen molar-refractivity contribution < 1.29 is 9.47 Å². The number of benzene rings is 1. The molecule has 0 amide bonds. The van der Waals surface area contributed by atoms with Gasteiger partial charge in [-0.3, -0.25) is 4.99 Å². The van der Waals surface area contributed by atoms with E-state index in [4.69, 9.17) is 9.47 Å². The molecule has 29 heavy (non-hydrogen) atoms. The number of ether oxygens (including phenoxy) is 2. The summed E-state index contributed by atoms with van der Waals surface area (Å²) in [6, 6.07) is 9.10. The van der Waals surface area contributed by atoms with E-state index in [1.165, 1.54) is 11.1 Å². The summed E-state index contributed by atoms with van der Waals surface area (Å²) in [6.07, 6.45) is 3.41. The van der Waals surface area contributed by atoms with Gasteiger partial charge >= 0.3 is 0 Å². The first-order chi connectivity index (χ1) is 13.5. The Bertz CT molecular complexity index is 587. The molecule has 6 nitrogen and oxygen atoms in total. The van der Waals surface area contributed by atoms with Gasteiger partial charge in [-0.05, 0) is 45.8 Å². The normalized spacial score (nSPS) is 16.6. The van der Waals surface area contributed by atoms with Crippen LogP contribution in [-0.4, -0.2) is 83.0 Å². The van der Waals surface area contributed by atoms with Crippen LogP contribution in [0.5, 0.6) is 0 Å². The van der Waals surface area contributed by atoms with Gasteiger partial charge < -0.3 is 24.6 Å². The van der Waals surface area contributed by atoms with Crippen LogP contribution in [0.1, 0.15) is 36.4 Å². The van der Waals surface area contributed by atoms with E-state index in [0.717, 1.165) is 58.1 Å². The van der Waals surface area contributed by atoms with Crippen molar-refractivity contribution in [1.82, 2.24) is 15.1 Å². The lowest BCUT2D eigenvalue weighted by atomic mass is 10.0. The Labute approximate surface area is 194 Å². The third-order valence-electron chi connectivity index (χ3n) is 5.34. The van der Waals surface area contributed by atoms with Gasteiger partial charge in [0.25, 0.3) is 0 Å². The molecule has 7 heteroatoms. The summed E-state index contributed by atoms with van der Waals surface area (Å²) >= 11 is 0. The second kappa shape index (κ2) is 14.2. The van der Waals surface area contributed by atoms with Crippen molar-refractivity contribution in [1.29, 1.82) is 0 Å². The van der Waals surface area contributed by atoms with Crippen LogP contribution in [0, 0.1) is 6.92 Å². The Morgan fingerprint density at radius 1 is 1.21 bits per heavy atom. The van der Waals surface area contributed by atoms with E-state index < -0.39 is 0 Å². The van der Waals surface area contributed by atoms with Gasteiger partial charge in [-0.2, -0.15) is 0 Å². The number of nitrogens with one attached hydrogen (secondary N) is 1. The lowest BCUT2D eigenvalue weighted by Crippen LogP contribution is -2.48. The molecule has 1 fully saturated rings. The summed E-state index contributed by atoms with van der Waals surface area (Å²) in [5.41, 5.74) is 2.61. The summed E-state index contributed by atoms with van der Waals surface area (Å²) in [7, 11) is 7.85. The lowest BCUT2D eigenvalue weighted by molar-refractivity contribution is 0.00987. The molecular weight excluding hydrogens is 479 g/mol. The van der Waals surface area contributed by atoms with Crippen LogP contribution < -0.4 is 5.32 Å². The van der Waals surface area contributed by atoms with E-state index in [2.05, 4.69) is 65.4 Å². The molecule has 166 valence electrons. The molecule has 0 saturated carbocycles. The minimum Gasteiger partial charge on any atom is -0.385 e. The maximum Gasteiger partial charge on any atom is 0.193 e. The summed E-state index contributed by atoms with van der Waals surface area (Å²) in [6.45, 7) is 6.46. The Kier molecular flexibility index (Phi) is 12.8. The van der Waals surface area contributed by atoms with Gasteiger partial charge in [-0.25, -0.2) is 0 Å². The van der Waals surface area contributed by atoms with Crippen molar-refractivity contribution in [3.63, 3.8) is 0 Å². The Balaban J connectivity index is 0.00000420. The number of halogens is 1. The van der Waals surface area contributed by atoms with E-state index in [0.29, 0.717) is 12.1 Å². The number of piperidine rings is 1. The van der Waals surface area contributed by atoms with Gasteiger partial charge in [0.15, 0.2) is 5.96 Å². The number of likely N-dealkylation sites (N-methyl/N-ethyl adjacent to an activating group) is 1. The highest BCUT2D eigenvalue weighted by atomic mass is 127. The van der Waals surface area contributed by atoms with Crippen molar-refractivity contribution >= 4 is 29.9 Å². The molecule has 1 unspecified atom stereocenters. The standard InChI is InChI=1S/C22H38N4O2.HI/c1-18-7-9-19(10-8-18)21(25(3)4)17-24-22(23-2)26-13-11-20(12-14-26)28-16-6-15-27-5;/h7-10,20-21H,6,11-17H2,1-5H3,(H,23,24);1H. The van der Waals surface area contributed by atoms with Crippen molar-refractivity contribution in [2.45, 2.75) is 38.3 Å². The molecule has 1 aliphatic rings. The number of hydrogen-bond donors (Lipinski definition) is 1. The van der Waals surface area contributed by atoms with E-state index in [9.17, 15) is 0 Å². The van der Waals surface area contributed by atoms with E-state index in [1.807, 2.05) is 7.05 Å². The molecule has 1 saturated heterocycles. The van der Waals surface area contributed by atoms with Crippen LogP contribution in [0.4, 0.5) is 0 Å². The Morgan fingerprint density at radius 3 is 2.41 bits per heavy atom. The van der Waals surface area contributed by atoms with Gasteiger partial charge in [0.1, 0.15) is 0 Å². The summed E-state index contributed by atoms with van der Waals surface area (Å²) in [4.78, 5) is 9.12. The van der Waals surface area contributed by atoms with E-state index in [1.54, 1.807) is 7.11 Å². The molecule has 0 aromatic heterocycles. The fourth-order valence-electron chi connectivity index (χ4n) is 3.59. The zero-order chi connectivity index (χ0) is 20.4. The summed E-state index contributed by atoms with van der Waals surface area (Å²) in [5.74, 6) is 0.983. The van der Waals surface area contributed by atoms with Crippen molar-refractivity contribution in [3.05, 3.63) is 35.4 Å². The molecule has 1 aromatic carbocycles. The first-order valence-electron chi connectivity index (χ1n) is 10.3. The third kappa shape index (κ3) is 8.78. The Morgan fingerprint density at radius 2 is 1.86 bits per heavy atom. The van der Waals surface area contributed by atoms with E-state index >= 15 is 0 Å². The van der Waals surface area contributed by atoms with Crippen LogP contribution in [0.3, 0.4) is 0 Å². The first-order valence-corrected chi connectivity index (χ1v) is 10.3. The zero-order valence-corrected chi connectivity index (χ0v) is 21.0. The van der Waals surface area contributed by atoms with Gasteiger partial charge in [-0.1, -0.05) is 29.8 Å². The number of guanidine groups is 1. The van der Waals surface area contributed by atoms with Gasteiger partial charge in [0, 0.05) is 47.0 Å². The molecule has 1 atom stereocenters. The molecule has 2 rings (SSSR count). The average Bonchev–Trinajstić information content (AvgIpc) is 2.70. The largest absolute Gasteiger partial charge is 0.385 e. The fraction of sp³-hybridized carbons (Fsp3) is 0.682. The zero-order valence-electron chi connectivity index (χ0n) is 18.7. The number of nitrogens with zero attached hydrogens (tertiary/aromatic N) is 3. The molecule has 1 aromatic rings. The second-order valence-electron chi connectivity index (χ2n) is 7.72. The van der Waals surface area contributed by atoms with Gasteiger partial charge in [-0.15, -0.1) is 24.0 Å². The second-order valence-corrected chi connectivity index (χ2v) is 7.72. The molecule has 1 N–H and O–H groups in total. The van der Waals surface area contributed by atoms with Crippen LogP contribution >= 0.6 is 24.0 Å². The SMILES string of the molecule is CN=C(NCC(c1ccc(C)cc1)N(C)C)N1CCC(OCCCOC)CC1.I. The average molecular weight is 518 g/mol. The predicted octanol–water partition coefficient (Wildman–Crippen LogP) is 3.31. The lowest BCUT2D eigenvalue weighted by Gasteiger charge is -2.35. The predicted molar refractivity (Wildman–Crippen MR) is 131 cm³/mol. The van der Waals surface area contributed by atoms with Crippen molar-refractivity contribution in [3.8, 4) is 0 Å². The monoisotopic (exact) mass is 518 g/mol. The number of hydrogen-bond acceptors (Lipinski definition) is 4. The highest BCUT2D eigenvalue weighted by Gasteiger charge is 2.23. The number of methoxy groups -OCH3 is 1. The minimum absolute atomic E-state index is 0. The van der Waals surface area contributed by atoms with Gasteiger partial charge in [0.2, 0.25) is 0 Å². The Hall–Kier alpha value is -0.900. The maximum absolute atomic E-state index is 5.97. The molecular formula is C22H39IN4O2. The molecule has 1 heterocycles. The fourth-order valence-corrected chi connectivity index (χ4v) is 3.59. The van der Waals surface area contributed by atoms with Crippen molar-refractivity contribution in [2.75, 3.05) is 61.1 Å².